The number of thiocarbonyl (C=S) groups is 1. The number of halogens is 5. The van der Waals surface area contributed by atoms with Crippen molar-refractivity contribution in [3.8, 4) is 5.75 Å². The highest BCUT2D eigenvalue weighted by Crippen LogP contribution is 2.34. The van der Waals surface area contributed by atoms with E-state index >= 15 is 0 Å². The van der Waals surface area contributed by atoms with E-state index in [1.807, 2.05) is 0 Å². The second kappa shape index (κ2) is 5.95. The summed E-state index contributed by atoms with van der Waals surface area (Å²) >= 11 is 15.9. The Kier molecular flexibility index (Phi) is 5.07. The van der Waals surface area contributed by atoms with E-state index in [-0.39, 0.29) is 15.8 Å². The molecule has 0 spiro atoms. The molecule has 0 heterocycles. The third kappa shape index (κ3) is 3.90. The largest absolute Gasteiger partial charge is 0.489 e. The maximum atomic E-state index is 12.6. The van der Waals surface area contributed by atoms with Gasteiger partial charge in [0.15, 0.2) is 5.75 Å². The summed E-state index contributed by atoms with van der Waals surface area (Å²) in [6, 6.07) is 4.45. The van der Waals surface area contributed by atoms with E-state index in [4.69, 9.17) is 33.7 Å². The molecule has 8 heteroatoms. The van der Waals surface area contributed by atoms with Crippen molar-refractivity contribution in [2.75, 3.05) is 6.61 Å². The Morgan fingerprint density at radius 1 is 1.33 bits per heavy atom. The molecule has 2 nitrogen and oxygen atoms in total. The van der Waals surface area contributed by atoms with Crippen LogP contribution in [0.25, 0.3) is 0 Å². The molecule has 1 rings (SSSR count). The molecule has 0 aliphatic heterocycles. The first-order valence-corrected chi connectivity index (χ1v) is 5.82. The van der Waals surface area contributed by atoms with Gasteiger partial charge in [-0.2, -0.15) is 13.2 Å². The van der Waals surface area contributed by atoms with Crippen LogP contribution in [0.3, 0.4) is 0 Å². The Labute approximate surface area is 117 Å². The minimum atomic E-state index is -4.57. The van der Waals surface area contributed by atoms with Crippen molar-refractivity contribution in [2.45, 2.75) is 6.18 Å². The number of nitrogens with two attached hydrogens (primary N) is 1. The summed E-state index contributed by atoms with van der Waals surface area (Å²) in [5, 5.41) is 0.234. The normalized spacial score (nSPS) is 13.2. The zero-order valence-corrected chi connectivity index (χ0v) is 11.1. The van der Waals surface area contributed by atoms with Crippen molar-refractivity contribution >= 4 is 40.4 Å². The van der Waals surface area contributed by atoms with Crippen molar-refractivity contribution in [3.05, 3.63) is 28.2 Å². The molecule has 0 aliphatic rings. The smallest absolute Gasteiger partial charge is 0.401 e. The molecule has 0 radical (unpaired) electrons. The lowest BCUT2D eigenvalue weighted by Gasteiger charge is -2.20. The molecular weight excluding hydrogens is 310 g/mol. The van der Waals surface area contributed by atoms with Gasteiger partial charge in [0.25, 0.3) is 0 Å². The van der Waals surface area contributed by atoms with Crippen LogP contribution in [0.5, 0.6) is 5.75 Å². The quantitative estimate of drug-likeness (QED) is 0.857. The van der Waals surface area contributed by atoms with Gasteiger partial charge in [0, 0.05) is 0 Å². The van der Waals surface area contributed by atoms with Gasteiger partial charge in [0.2, 0.25) is 0 Å². The molecule has 18 heavy (non-hydrogen) atoms. The van der Waals surface area contributed by atoms with Crippen LogP contribution in [0, 0.1) is 5.92 Å². The van der Waals surface area contributed by atoms with E-state index in [0.717, 1.165) is 0 Å². The average Bonchev–Trinajstić information content (AvgIpc) is 2.19. The van der Waals surface area contributed by atoms with Crippen molar-refractivity contribution in [3.63, 3.8) is 0 Å². The first-order valence-electron chi connectivity index (χ1n) is 4.66. The minimum Gasteiger partial charge on any atom is -0.489 e. The number of para-hydroxylation sites is 1. The van der Waals surface area contributed by atoms with Gasteiger partial charge in [-0.1, -0.05) is 41.5 Å². The van der Waals surface area contributed by atoms with Crippen LogP contribution < -0.4 is 10.5 Å². The fraction of sp³-hybridized carbons (Fsp3) is 0.300. The summed E-state index contributed by atoms with van der Waals surface area (Å²) in [7, 11) is 0. The Morgan fingerprint density at radius 3 is 2.22 bits per heavy atom. The minimum absolute atomic E-state index is 0.0219. The number of rotatable bonds is 4. The van der Waals surface area contributed by atoms with Gasteiger partial charge >= 0.3 is 6.18 Å². The van der Waals surface area contributed by atoms with Gasteiger partial charge in [-0.25, -0.2) is 0 Å². The van der Waals surface area contributed by atoms with E-state index in [1.54, 1.807) is 6.07 Å². The summed E-state index contributed by atoms with van der Waals surface area (Å²) in [4.78, 5) is -0.689. The molecule has 0 amide bonds. The summed E-state index contributed by atoms with van der Waals surface area (Å²) in [6.45, 7) is -0.762. The SMILES string of the molecule is NC(=S)C(COc1c(Cl)cccc1Cl)C(F)(F)F. The van der Waals surface area contributed by atoms with E-state index in [1.165, 1.54) is 12.1 Å². The first-order chi connectivity index (χ1) is 8.23. The number of ether oxygens (including phenoxy) is 1. The molecule has 0 aliphatic carbocycles. The molecule has 0 saturated heterocycles. The third-order valence-electron chi connectivity index (χ3n) is 2.05. The molecule has 0 aromatic heterocycles. The molecule has 1 atom stereocenters. The molecular formula is C10H8Cl2F3NOS. The molecule has 0 bridgehead atoms. The molecule has 2 N–H and O–H groups in total. The maximum Gasteiger partial charge on any atom is 0.401 e. The summed E-state index contributed by atoms with van der Waals surface area (Å²) in [5.41, 5.74) is 5.03. The van der Waals surface area contributed by atoms with Crippen molar-refractivity contribution in [2.24, 2.45) is 11.7 Å². The maximum absolute atomic E-state index is 12.6. The Balaban J connectivity index is 2.83. The molecule has 0 fully saturated rings. The van der Waals surface area contributed by atoms with Crippen molar-refractivity contribution in [1.29, 1.82) is 0 Å². The highest BCUT2D eigenvalue weighted by atomic mass is 35.5. The highest BCUT2D eigenvalue weighted by Gasteiger charge is 2.42. The standard InChI is InChI=1S/C10H8Cl2F3NOS/c11-6-2-1-3-7(12)8(6)17-4-5(9(16)18)10(13,14)15/h1-3,5H,4H2,(H2,16,18). The summed E-state index contributed by atoms with van der Waals surface area (Å²) in [6.07, 6.45) is -4.57. The van der Waals surface area contributed by atoms with Crippen molar-refractivity contribution < 1.29 is 17.9 Å². The second-order valence-corrected chi connectivity index (χ2v) is 4.64. The lowest BCUT2D eigenvalue weighted by Crippen LogP contribution is -2.38. The van der Waals surface area contributed by atoms with Crippen LogP contribution >= 0.6 is 35.4 Å². The van der Waals surface area contributed by atoms with Crippen LogP contribution in [-0.4, -0.2) is 17.8 Å². The average molecular weight is 318 g/mol. The molecule has 1 aromatic carbocycles. The Morgan fingerprint density at radius 2 is 1.83 bits per heavy atom. The van der Waals surface area contributed by atoms with Crippen LogP contribution in [-0.2, 0) is 0 Å². The fourth-order valence-electron chi connectivity index (χ4n) is 1.13. The fourth-order valence-corrected chi connectivity index (χ4v) is 1.83. The van der Waals surface area contributed by atoms with Gasteiger partial charge < -0.3 is 10.5 Å². The molecule has 0 saturated carbocycles. The highest BCUT2D eigenvalue weighted by molar-refractivity contribution is 7.80. The Bertz CT molecular complexity index is 433. The predicted molar refractivity (Wildman–Crippen MR) is 68.3 cm³/mol. The zero-order valence-electron chi connectivity index (χ0n) is 8.80. The number of hydrogen-bond donors (Lipinski definition) is 1. The van der Waals surface area contributed by atoms with Crippen LogP contribution in [0.4, 0.5) is 13.2 Å². The molecule has 100 valence electrons. The molecule has 1 unspecified atom stereocenters. The predicted octanol–water partition coefficient (Wildman–Crippen LogP) is 3.84. The van der Waals surface area contributed by atoms with Crippen LogP contribution in [0.15, 0.2) is 18.2 Å². The zero-order chi connectivity index (χ0) is 13.9. The second-order valence-electron chi connectivity index (χ2n) is 3.36. The number of alkyl halides is 3. The van der Waals surface area contributed by atoms with Crippen LogP contribution in [0.2, 0.25) is 10.0 Å². The van der Waals surface area contributed by atoms with Gasteiger partial charge in [-0.3, -0.25) is 0 Å². The van der Waals surface area contributed by atoms with Crippen LogP contribution in [0.1, 0.15) is 0 Å². The van der Waals surface area contributed by atoms with E-state index in [9.17, 15) is 13.2 Å². The lowest BCUT2D eigenvalue weighted by atomic mass is 10.1. The van der Waals surface area contributed by atoms with Gasteiger partial charge in [-0.15, -0.1) is 0 Å². The number of hydrogen-bond acceptors (Lipinski definition) is 2. The molecule has 1 aromatic rings. The van der Waals surface area contributed by atoms with E-state index in [0.29, 0.717) is 0 Å². The summed E-state index contributed by atoms with van der Waals surface area (Å²) in [5.74, 6) is -2.06. The van der Waals surface area contributed by atoms with E-state index < -0.39 is 23.7 Å². The van der Waals surface area contributed by atoms with Gasteiger partial charge in [0.1, 0.15) is 12.5 Å². The van der Waals surface area contributed by atoms with Gasteiger partial charge in [-0.05, 0) is 12.1 Å². The van der Waals surface area contributed by atoms with Crippen molar-refractivity contribution in [1.82, 2.24) is 0 Å². The van der Waals surface area contributed by atoms with E-state index in [2.05, 4.69) is 12.2 Å². The lowest BCUT2D eigenvalue weighted by molar-refractivity contribution is -0.161. The third-order valence-corrected chi connectivity index (χ3v) is 2.93. The first kappa shape index (κ1) is 15.3. The number of benzene rings is 1. The van der Waals surface area contributed by atoms with Gasteiger partial charge in [0.05, 0.1) is 15.0 Å². The topological polar surface area (TPSA) is 35.2 Å². The Hall–Kier alpha value is -0.720. The summed E-state index contributed by atoms with van der Waals surface area (Å²) < 4.78 is 42.6. The monoisotopic (exact) mass is 317 g/mol.